The lowest BCUT2D eigenvalue weighted by molar-refractivity contribution is -0.154. The minimum atomic E-state index is -0.918. The van der Waals surface area contributed by atoms with Crippen molar-refractivity contribution >= 4 is 23.6 Å². The summed E-state index contributed by atoms with van der Waals surface area (Å²) in [4.78, 5) is 24.6. The molecule has 1 N–H and O–H groups in total. The van der Waals surface area contributed by atoms with Gasteiger partial charge in [-0.25, -0.2) is 8.78 Å². The minimum Gasteiger partial charge on any atom is -0.453 e. The highest BCUT2D eigenvalue weighted by atomic mass is 32.2. The summed E-state index contributed by atoms with van der Waals surface area (Å²) in [5.41, 5.74) is 0.744. The fraction of sp³-hybridized carbons (Fsp3) is 0.263. The molecule has 2 rings (SSSR count). The molecule has 1 atom stereocenters. The molecule has 0 heterocycles. The summed E-state index contributed by atoms with van der Waals surface area (Å²) in [5, 5.41) is 2.63. The highest BCUT2D eigenvalue weighted by molar-refractivity contribution is 7.99. The molecule has 0 unspecified atom stereocenters. The van der Waals surface area contributed by atoms with Gasteiger partial charge in [0.15, 0.2) is 6.10 Å². The Morgan fingerprint density at radius 2 is 1.62 bits per heavy atom. The summed E-state index contributed by atoms with van der Waals surface area (Å²) in [6.45, 7) is 1.71. The van der Waals surface area contributed by atoms with Crippen LogP contribution < -0.4 is 5.32 Å². The van der Waals surface area contributed by atoms with Gasteiger partial charge >= 0.3 is 5.97 Å². The number of ether oxygens (including phenoxy) is 1. The molecule has 4 nitrogen and oxygen atoms in total. The van der Waals surface area contributed by atoms with E-state index >= 15 is 0 Å². The molecule has 2 aromatic rings. The van der Waals surface area contributed by atoms with E-state index < -0.39 is 18.0 Å². The Labute approximate surface area is 154 Å². The van der Waals surface area contributed by atoms with E-state index in [9.17, 15) is 18.4 Å². The lowest BCUT2D eigenvalue weighted by Gasteiger charge is -2.13. The predicted molar refractivity (Wildman–Crippen MR) is 95.5 cm³/mol. The van der Waals surface area contributed by atoms with Crippen LogP contribution in [-0.2, 0) is 20.9 Å². The molecule has 26 heavy (non-hydrogen) atoms. The number of hydrogen-bond acceptors (Lipinski definition) is 4. The van der Waals surface area contributed by atoms with Crippen LogP contribution in [0.15, 0.2) is 53.4 Å². The molecule has 0 fully saturated rings. The SMILES string of the molecule is C[C@H](OC(=O)CCSc1ccc(F)cc1)C(=O)NCc1ccc(F)cc1. The Kier molecular flexibility index (Phi) is 7.59. The number of esters is 1. The van der Waals surface area contributed by atoms with Gasteiger partial charge in [-0.15, -0.1) is 11.8 Å². The van der Waals surface area contributed by atoms with E-state index in [1.165, 1.54) is 43.0 Å². The molecule has 0 saturated heterocycles. The van der Waals surface area contributed by atoms with Crippen molar-refractivity contribution in [2.24, 2.45) is 0 Å². The first-order valence-electron chi connectivity index (χ1n) is 8.04. The Balaban J connectivity index is 1.67. The molecule has 0 saturated carbocycles. The number of rotatable bonds is 8. The summed E-state index contributed by atoms with van der Waals surface area (Å²) < 4.78 is 30.7. The van der Waals surface area contributed by atoms with Gasteiger partial charge in [-0.05, 0) is 48.9 Å². The Hall–Kier alpha value is -2.41. The van der Waals surface area contributed by atoms with Crippen molar-refractivity contribution in [2.45, 2.75) is 30.9 Å². The molecular weight excluding hydrogens is 360 g/mol. The van der Waals surface area contributed by atoms with Crippen molar-refractivity contribution in [2.75, 3.05) is 5.75 Å². The number of carbonyl (C=O) groups is 2. The van der Waals surface area contributed by atoms with Gasteiger partial charge in [0, 0.05) is 17.2 Å². The second-order valence-corrected chi connectivity index (χ2v) is 6.70. The van der Waals surface area contributed by atoms with Gasteiger partial charge in [0.05, 0.1) is 6.42 Å². The van der Waals surface area contributed by atoms with Gasteiger partial charge in [0.1, 0.15) is 11.6 Å². The van der Waals surface area contributed by atoms with Gasteiger partial charge < -0.3 is 10.1 Å². The summed E-state index contributed by atoms with van der Waals surface area (Å²) in [7, 11) is 0. The molecule has 0 aliphatic rings. The van der Waals surface area contributed by atoms with Gasteiger partial charge in [0.2, 0.25) is 0 Å². The normalized spacial score (nSPS) is 11.7. The Morgan fingerprint density at radius 1 is 1.04 bits per heavy atom. The quantitative estimate of drug-likeness (QED) is 0.561. The second kappa shape index (κ2) is 9.91. The van der Waals surface area contributed by atoms with Crippen LogP contribution in [0.5, 0.6) is 0 Å². The predicted octanol–water partition coefficient (Wildman–Crippen LogP) is 3.70. The van der Waals surface area contributed by atoms with Crippen molar-refractivity contribution in [3.63, 3.8) is 0 Å². The van der Waals surface area contributed by atoms with Crippen LogP contribution in [0.2, 0.25) is 0 Å². The molecule has 2 aromatic carbocycles. The highest BCUT2D eigenvalue weighted by Crippen LogP contribution is 2.19. The van der Waals surface area contributed by atoms with E-state index in [2.05, 4.69) is 5.32 Å². The molecule has 7 heteroatoms. The van der Waals surface area contributed by atoms with Crippen LogP contribution in [0.1, 0.15) is 18.9 Å². The highest BCUT2D eigenvalue weighted by Gasteiger charge is 2.17. The molecule has 0 aromatic heterocycles. The first kappa shape index (κ1) is 19.9. The number of carbonyl (C=O) groups excluding carboxylic acids is 2. The van der Waals surface area contributed by atoms with Crippen LogP contribution in [-0.4, -0.2) is 23.7 Å². The largest absolute Gasteiger partial charge is 0.453 e. The van der Waals surface area contributed by atoms with Crippen LogP contribution in [0.4, 0.5) is 8.78 Å². The van der Waals surface area contributed by atoms with Crippen molar-refractivity contribution in [3.8, 4) is 0 Å². The fourth-order valence-corrected chi connectivity index (χ4v) is 2.86. The van der Waals surface area contributed by atoms with Crippen molar-refractivity contribution in [3.05, 3.63) is 65.7 Å². The first-order chi connectivity index (χ1) is 12.4. The van der Waals surface area contributed by atoms with Crippen LogP contribution in [0.3, 0.4) is 0 Å². The van der Waals surface area contributed by atoms with Gasteiger partial charge in [0.25, 0.3) is 5.91 Å². The molecule has 0 aliphatic carbocycles. The maximum Gasteiger partial charge on any atom is 0.307 e. The molecule has 0 spiro atoms. The molecule has 0 radical (unpaired) electrons. The number of benzene rings is 2. The van der Waals surface area contributed by atoms with E-state index in [1.807, 2.05) is 0 Å². The topological polar surface area (TPSA) is 55.4 Å². The third-order valence-electron chi connectivity index (χ3n) is 3.45. The summed E-state index contributed by atoms with van der Waals surface area (Å²) in [6, 6.07) is 11.7. The monoisotopic (exact) mass is 379 g/mol. The molecule has 1 amide bonds. The van der Waals surface area contributed by atoms with Gasteiger partial charge in [-0.2, -0.15) is 0 Å². The maximum atomic E-state index is 12.8. The number of amides is 1. The lowest BCUT2D eigenvalue weighted by atomic mass is 10.2. The average Bonchev–Trinajstić information content (AvgIpc) is 2.62. The van der Waals surface area contributed by atoms with Crippen LogP contribution in [0.25, 0.3) is 0 Å². The summed E-state index contributed by atoms with van der Waals surface area (Å²) >= 11 is 1.40. The number of nitrogens with one attached hydrogen (secondary N) is 1. The maximum absolute atomic E-state index is 12.8. The third-order valence-corrected chi connectivity index (χ3v) is 4.46. The zero-order valence-corrected chi connectivity index (χ0v) is 15.0. The first-order valence-corrected chi connectivity index (χ1v) is 9.02. The van der Waals surface area contributed by atoms with E-state index in [0.29, 0.717) is 5.75 Å². The zero-order chi connectivity index (χ0) is 18.9. The average molecular weight is 379 g/mol. The Morgan fingerprint density at radius 3 is 2.23 bits per heavy atom. The van der Waals surface area contributed by atoms with Crippen molar-refractivity contribution in [1.29, 1.82) is 0 Å². The lowest BCUT2D eigenvalue weighted by Crippen LogP contribution is -2.35. The third kappa shape index (κ3) is 6.84. The van der Waals surface area contributed by atoms with E-state index in [1.54, 1.807) is 24.3 Å². The number of thioether (sulfide) groups is 1. The second-order valence-electron chi connectivity index (χ2n) is 5.53. The summed E-state index contributed by atoms with van der Waals surface area (Å²) in [5.74, 6) is -1.10. The minimum absolute atomic E-state index is 0.137. The van der Waals surface area contributed by atoms with Gasteiger partial charge in [-0.3, -0.25) is 9.59 Å². The van der Waals surface area contributed by atoms with Crippen LogP contribution in [0, 0.1) is 11.6 Å². The Bertz CT molecular complexity index is 735. The summed E-state index contributed by atoms with van der Waals surface area (Å²) in [6.07, 6.45) is -0.781. The van der Waals surface area contributed by atoms with Crippen LogP contribution >= 0.6 is 11.8 Å². The van der Waals surface area contributed by atoms with E-state index in [0.717, 1.165) is 10.5 Å². The molecule has 0 aliphatic heterocycles. The fourth-order valence-electron chi connectivity index (χ4n) is 2.03. The standard InChI is InChI=1S/C19H19F2NO3S/c1-13(19(24)22-12-14-2-4-15(20)5-3-14)25-18(23)10-11-26-17-8-6-16(21)7-9-17/h2-9,13H,10-12H2,1H3,(H,22,24)/t13-/m0/s1. The van der Waals surface area contributed by atoms with E-state index in [4.69, 9.17) is 4.74 Å². The molecule has 138 valence electrons. The van der Waals surface area contributed by atoms with Crippen molar-refractivity contribution < 1.29 is 23.1 Å². The van der Waals surface area contributed by atoms with Gasteiger partial charge in [-0.1, -0.05) is 12.1 Å². The number of hydrogen-bond donors (Lipinski definition) is 1. The molecular formula is C19H19F2NO3S. The zero-order valence-electron chi connectivity index (χ0n) is 14.2. The number of halogens is 2. The molecule has 0 bridgehead atoms. The smallest absolute Gasteiger partial charge is 0.307 e. The van der Waals surface area contributed by atoms with Crippen molar-refractivity contribution in [1.82, 2.24) is 5.32 Å². The van der Waals surface area contributed by atoms with E-state index in [-0.39, 0.29) is 24.6 Å².